The SMILES string of the molecule is COc1ccc(N2C(=O)/C(=C\c3cc([N+](=O)[O-])cc(OC)c3O)SC2=S)cc1. The van der Waals surface area contributed by atoms with Crippen molar-refractivity contribution in [1.82, 2.24) is 0 Å². The number of thiocarbonyl (C=S) groups is 1. The molecule has 3 rings (SSSR count). The number of hydrogen-bond acceptors (Lipinski definition) is 8. The van der Waals surface area contributed by atoms with Crippen molar-refractivity contribution in [3.63, 3.8) is 0 Å². The van der Waals surface area contributed by atoms with Gasteiger partial charge in [0.15, 0.2) is 15.8 Å². The molecule has 1 aliphatic heterocycles. The van der Waals surface area contributed by atoms with E-state index in [4.69, 9.17) is 21.7 Å². The van der Waals surface area contributed by atoms with Gasteiger partial charge in [-0.05, 0) is 30.3 Å². The molecule has 0 saturated carbocycles. The zero-order chi connectivity index (χ0) is 20.4. The minimum Gasteiger partial charge on any atom is -0.504 e. The molecule has 1 aliphatic rings. The van der Waals surface area contributed by atoms with Crippen molar-refractivity contribution in [2.75, 3.05) is 19.1 Å². The van der Waals surface area contributed by atoms with Crippen LogP contribution < -0.4 is 14.4 Å². The van der Waals surface area contributed by atoms with E-state index in [1.54, 1.807) is 24.3 Å². The molecule has 1 heterocycles. The Kier molecular flexibility index (Phi) is 5.52. The van der Waals surface area contributed by atoms with E-state index in [0.717, 1.165) is 23.9 Å². The Hall–Kier alpha value is -3.11. The number of phenols is 1. The van der Waals surface area contributed by atoms with Crippen molar-refractivity contribution in [3.8, 4) is 17.2 Å². The third-order valence-corrected chi connectivity index (χ3v) is 5.23. The van der Waals surface area contributed by atoms with Gasteiger partial charge >= 0.3 is 0 Å². The Morgan fingerprint density at radius 3 is 2.46 bits per heavy atom. The van der Waals surface area contributed by atoms with E-state index in [-0.39, 0.29) is 27.7 Å². The first-order valence-corrected chi connectivity index (χ1v) is 9.05. The fourth-order valence-electron chi connectivity index (χ4n) is 2.55. The molecule has 0 unspecified atom stereocenters. The van der Waals surface area contributed by atoms with Crippen LogP contribution in [0.1, 0.15) is 5.56 Å². The normalized spacial score (nSPS) is 15.2. The predicted octanol–water partition coefficient (Wildman–Crippen LogP) is 3.72. The van der Waals surface area contributed by atoms with Crippen LogP contribution in [0.2, 0.25) is 0 Å². The smallest absolute Gasteiger partial charge is 0.274 e. The van der Waals surface area contributed by atoms with Crippen LogP contribution in [0.3, 0.4) is 0 Å². The number of rotatable bonds is 5. The van der Waals surface area contributed by atoms with E-state index in [9.17, 15) is 20.0 Å². The van der Waals surface area contributed by atoms with Gasteiger partial charge in [0, 0.05) is 11.6 Å². The molecule has 0 radical (unpaired) electrons. The van der Waals surface area contributed by atoms with Gasteiger partial charge in [-0.2, -0.15) is 0 Å². The number of nitro benzene ring substituents is 1. The highest BCUT2D eigenvalue weighted by Crippen LogP contribution is 2.40. The number of carbonyl (C=O) groups excluding carboxylic acids is 1. The number of aromatic hydroxyl groups is 1. The van der Waals surface area contributed by atoms with Crippen LogP contribution in [0.15, 0.2) is 41.3 Å². The van der Waals surface area contributed by atoms with Crippen LogP contribution in [0.5, 0.6) is 17.2 Å². The number of ether oxygens (including phenoxy) is 2. The second-order valence-corrected chi connectivity index (χ2v) is 7.23. The summed E-state index contributed by atoms with van der Waals surface area (Å²) < 4.78 is 10.4. The van der Waals surface area contributed by atoms with Gasteiger partial charge in [0.25, 0.3) is 11.6 Å². The predicted molar refractivity (Wildman–Crippen MR) is 110 cm³/mol. The van der Waals surface area contributed by atoms with Gasteiger partial charge in [-0.25, -0.2) is 0 Å². The van der Waals surface area contributed by atoms with Crippen molar-refractivity contribution < 1.29 is 24.3 Å². The first kappa shape index (κ1) is 19.6. The molecule has 0 atom stereocenters. The molecule has 0 bridgehead atoms. The van der Waals surface area contributed by atoms with Crippen molar-refractivity contribution in [2.24, 2.45) is 0 Å². The minimum absolute atomic E-state index is 0.0638. The maximum Gasteiger partial charge on any atom is 0.274 e. The highest BCUT2D eigenvalue weighted by molar-refractivity contribution is 8.27. The number of anilines is 1. The standard InChI is InChI=1S/C18H14N2O6S2/c1-25-13-5-3-11(4-6-13)19-17(22)15(28-18(19)27)8-10-7-12(20(23)24)9-14(26-2)16(10)21/h3-9,21H,1-2H3/b15-8+. The first-order valence-electron chi connectivity index (χ1n) is 7.83. The number of hydrogen-bond donors (Lipinski definition) is 1. The lowest BCUT2D eigenvalue weighted by Gasteiger charge is -2.14. The lowest BCUT2D eigenvalue weighted by molar-refractivity contribution is -0.385. The van der Waals surface area contributed by atoms with Gasteiger partial charge in [-0.15, -0.1) is 0 Å². The number of benzene rings is 2. The van der Waals surface area contributed by atoms with Crippen molar-refractivity contribution in [3.05, 3.63) is 57.0 Å². The molecule has 10 heteroatoms. The topological polar surface area (TPSA) is 102 Å². The van der Waals surface area contributed by atoms with E-state index >= 15 is 0 Å². The second-order valence-electron chi connectivity index (χ2n) is 5.56. The second kappa shape index (κ2) is 7.87. The lowest BCUT2D eigenvalue weighted by Crippen LogP contribution is -2.27. The Balaban J connectivity index is 1.99. The maximum atomic E-state index is 12.8. The summed E-state index contributed by atoms with van der Waals surface area (Å²) in [6, 6.07) is 9.07. The van der Waals surface area contributed by atoms with Gasteiger partial charge < -0.3 is 14.6 Å². The highest BCUT2D eigenvalue weighted by Gasteiger charge is 2.33. The average molecular weight is 418 g/mol. The number of thioether (sulfide) groups is 1. The summed E-state index contributed by atoms with van der Waals surface area (Å²) in [4.78, 5) is 24.9. The van der Waals surface area contributed by atoms with Crippen molar-refractivity contribution >= 4 is 51.7 Å². The van der Waals surface area contributed by atoms with E-state index in [1.165, 1.54) is 25.2 Å². The van der Waals surface area contributed by atoms with Gasteiger partial charge in [0.2, 0.25) is 0 Å². The van der Waals surface area contributed by atoms with E-state index in [0.29, 0.717) is 15.8 Å². The van der Waals surface area contributed by atoms with Crippen LogP contribution >= 0.6 is 24.0 Å². The zero-order valence-corrected chi connectivity index (χ0v) is 16.4. The number of carbonyl (C=O) groups is 1. The Bertz CT molecular complexity index is 1000. The molecular formula is C18H14N2O6S2. The highest BCUT2D eigenvalue weighted by atomic mass is 32.2. The summed E-state index contributed by atoms with van der Waals surface area (Å²) >= 11 is 6.34. The van der Waals surface area contributed by atoms with Crippen molar-refractivity contribution in [1.29, 1.82) is 0 Å². The molecule has 2 aromatic carbocycles. The summed E-state index contributed by atoms with van der Waals surface area (Å²) in [6.07, 6.45) is 1.35. The van der Waals surface area contributed by atoms with Gasteiger partial charge in [0.05, 0.1) is 35.8 Å². The fraction of sp³-hybridized carbons (Fsp3) is 0.111. The number of methoxy groups -OCH3 is 2. The molecule has 1 fully saturated rings. The van der Waals surface area contributed by atoms with Gasteiger partial charge in [-0.3, -0.25) is 19.8 Å². The third kappa shape index (κ3) is 3.64. The molecule has 28 heavy (non-hydrogen) atoms. The summed E-state index contributed by atoms with van der Waals surface area (Å²) in [5.74, 6) is -0.128. The molecule has 0 spiro atoms. The quantitative estimate of drug-likeness (QED) is 0.339. The first-order chi connectivity index (χ1) is 13.3. The number of nitro groups is 1. The molecule has 0 aromatic heterocycles. The van der Waals surface area contributed by atoms with Crippen molar-refractivity contribution in [2.45, 2.75) is 0 Å². The van der Waals surface area contributed by atoms with Gasteiger partial charge in [0.1, 0.15) is 5.75 Å². The van der Waals surface area contributed by atoms with Crippen LogP contribution in [0.4, 0.5) is 11.4 Å². The molecule has 8 nitrogen and oxygen atoms in total. The van der Waals surface area contributed by atoms with Gasteiger partial charge in [-0.1, -0.05) is 24.0 Å². The number of amides is 1. The monoisotopic (exact) mass is 418 g/mol. The van der Waals surface area contributed by atoms with E-state index in [1.807, 2.05) is 0 Å². The summed E-state index contributed by atoms with van der Waals surface area (Å²) in [5.41, 5.74) is 0.375. The molecule has 144 valence electrons. The summed E-state index contributed by atoms with van der Waals surface area (Å²) in [7, 11) is 2.82. The lowest BCUT2D eigenvalue weighted by atomic mass is 10.1. The zero-order valence-electron chi connectivity index (χ0n) is 14.7. The Morgan fingerprint density at radius 1 is 1.21 bits per heavy atom. The van der Waals surface area contributed by atoms with Crippen LogP contribution in [-0.2, 0) is 4.79 Å². The van der Waals surface area contributed by atoms with Crippen LogP contribution in [0.25, 0.3) is 6.08 Å². The van der Waals surface area contributed by atoms with E-state index in [2.05, 4.69) is 0 Å². The Labute approximate surface area is 169 Å². The largest absolute Gasteiger partial charge is 0.504 e. The number of phenolic OH excluding ortho intramolecular Hbond substituents is 1. The molecule has 1 N–H and O–H groups in total. The fourth-order valence-corrected chi connectivity index (χ4v) is 3.84. The van der Waals surface area contributed by atoms with Crippen LogP contribution in [-0.4, -0.2) is 34.5 Å². The summed E-state index contributed by atoms with van der Waals surface area (Å²) in [5, 5.41) is 21.4. The third-order valence-electron chi connectivity index (χ3n) is 3.93. The number of non-ortho nitro benzene ring substituents is 1. The molecule has 1 saturated heterocycles. The summed E-state index contributed by atoms with van der Waals surface area (Å²) in [6.45, 7) is 0. The molecule has 2 aromatic rings. The van der Waals surface area contributed by atoms with Crippen LogP contribution in [0, 0.1) is 10.1 Å². The average Bonchev–Trinajstić information content (AvgIpc) is 2.96. The molecule has 0 aliphatic carbocycles. The Morgan fingerprint density at radius 2 is 1.89 bits per heavy atom. The maximum absolute atomic E-state index is 12.8. The number of nitrogens with zero attached hydrogens (tertiary/aromatic N) is 2. The van der Waals surface area contributed by atoms with E-state index < -0.39 is 10.8 Å². The molecule has 1 amide bonds. The molecular weight excluding hydrogens is 404 g/mol. The minimum atomic E-state index is -0.609.